The molecule has 0 aliphatic carbocycles. The molecule has 0 aliphatic heterocycles. The molecule has 8 heteroatoms. The van der Waals surface area contributed by atoms with Gasteiger partial charge in [0.2, 0.25) is 0 Å². The standard InChI is InChI=1S/C12H17N3O3S2/c1-7(17-2)20-8-4-5-9(13)10(6-8)14-11(19)15-12(16)18-3/h4-7H,13H2,1-3H3,(H2,14,15,16,19). The van der Waals surface area contributed by atoms with Gasteiger partial charge in [-0.2, -0.15) is 0 Å². The van der Waals surface area contributed by atoms with E-state index >= 15 is 0 Å². The maximum atomic E-state index is 11.0. The van der Waals surface area contributed by atoms with Crippen LogP contribution in [0.25, 0.3) is 0 Å². The zero-order valence-corrected chi connectivity index (χ0v) is 13.1. The maximum Gasteiger partial charge on any atom is 0.413 e. The van der Waals surface area contributed by atoms with Crippen LogP contribution in [-0.2, 0) is 9.47 Å². The number of carbonyl (C=O) groups excluding carboxylic acids is 1. The Bertz CT molecular complexity index is 497. The zero-order valence-electron chi connectivity index (χ0n) is 11.4. The summed E-state index contributed by atoms with van der Waals surface area (Å²) in [6, 6.07) is 5.48. The Labute approximate surface area is 127 Å². The molecule has 0 fully saturated rings. The van der Waals surface area contributed by atoms with Gasteiger partial charge >= 0.3 is 6.09 Å². The first kappa shape index (κ1) is 16.5. The molecule has 20 heavy (non-hydrogen) atoms. The average molecular weight is 315 g/mol. The van der Waals surface area contributed by atoms with Crippen LogP contribution in [0.4, 0.5) is 16.2 Å². The molecule has 0 aliphatic rings. The summed E-state index contributed by atoms with van der Waals surface area (Å²) >= 11 is 6.52. The fourth-order valence-corrected chi connectivity index (χ4v) is 2.26. The Morgan fingerprint density at radius 1 is 1.45 bits per heavy atom. The van der Waals surface area contributed by atoms with E-state index in [0.29, 0.717) is 11.4 Å². The molecule has 0 aromatic heterocycles. The summed E-state index contributed by atoms with van der Waals surface area (Å²) in [5.74, 6) is 0. The number of amides is 1. The number of methoxy groups -OCH3 is 2. The summed E-state index contributed by atoms with van der Waals surface area (Å²) in [6.07, 6.45) is -0.639. The van der Waals surface area contributed by atoms with Gasteiger partial charge in [0.15, 0.2) is 5.11 Å². The maximum absolute atomic E-state index is 11.0. The molecule has 1 aromatic rings. The highest BCUT2D eigenvalue weighted by Crippen LogP contribution is 2.29. The quantitative estimate of drug-likeness (QED) is 0.340. The van der Waals surface area contributed by atoms with Crippen LogP contribution in [0, 0.1) is 0 Å². The van der Waals surface area contributed by atoms with Crippen molar-refractivity contribution < 1.29 is 14.3 Å². The highest BCUT2D eigenvalue weighted by Gasteiger charge is 2.08. The molecule has 0 bridgehead atoms. The molecular formula is C12H17N3O3S2. The van der Waals surface area contributed by atoms with E-state index in [1.165, 1.54) is 18.9 Å². The highest BCUT2D eigenvalue weighted by molar-refractivity contribution is 7.99. The molecule has 0 saturated heterocycles. The first-order chi connectivity index (χ1) is 9.46. The van der Waals surface area contributed by atoms with Crippen molar-refractivity contribution in [1.29, 1.82) is 0 Å². The molecule has 6 nitrogen and oxygen atoms in total. The fraction of sp³-hybridized carbons (Fsp3) is 0.333. The lowest BCUT2D eigenvalue weighted by atomic mass is 10.3. The number of hydrogen-bond donors (Lipinski definition) is 3. The van der Waals surface area contributed by atoms with E-state index in [4.69, 9.17) is 22.7 Å². The second-order valence-electron chi connectivity index (χ2n) is 3.74. The predicted octanol–water partition coefficient (Wildman–Crippen LogP) is 2.41. The van der Waals surface area contributed by atoms with Crippen molar-refractivity contribution in [3.8, 4) is 0 Å². The number of alkyl carbamates (subject to hydrolysis) is 1. The van der Waals surface area contributed by atoms with Gasteiger partial charge in [0.1, 0.15) is 5.44 Å². The van der Waals surface area contributed by atoms with Crippen LogP contribution in [-0.4, -0.2) is 30.9 Å². The van der Waals surface area contributed by atoms with Crippen LogP contribution < -0.4 is 16.4 Å². The molecule has 1 amide bonds. The van der Waals surface area contributed by atoms with Crippen LogP contribution in [0.3, 0.4) is 0 Å². The van der Waals surface area contributed by atoms with Gasteiger partial charge in [-0.25, -0.2) is 4.79 Å². The largest absolute Gasteiger partial charge is 0.453 e. The van der Waals surface area contributed by atoms with Gasteiger partial charge in [0.25, 0.3) is 0 Å². The highest BCUT2D eigenvalue weighted by atomic mass is 32.2. The summed E-state index contributed by atoms with van der Waals surface area (Å²) in [7, 11) is 2.90. The number of rotatable bonds is 4. The number of carbonyl (C=O) groups is 1. The second-order valence-corrected chi connectivity index (χ2v) is 5.52. The molecule has 1 unspecified atom stereocenters. The van der Waals surface area contributed by atoms with E-state index in [1.807, 2.05) is 19.1 Å². The fourth-order valence-electron chi connectivity index (χ4n) is 1.25. The van der Waals surface area contributed by atoms with E-state index in [-0.39, 0.29) is 10.5 Å². The Morgan fingerprint density at radius 2 is 2.15 bits per heavy atom. The third-order valence-corrected chi connectivity index (χ3v) is 3.56. The van der Waals surface area contributed by atoms with Crippen LogP contribution in [0.2, 0.25) is 0 Å². The summed E-state index contributed by atoms with van der Waals surface area (Å²) in [6.45, 7) is 1.94. The third-order valence-electron chi connectivity index (χ3n) is 2.31. The number of thiocarbonyl (C=S) groups is 1. The zero-order chi connectivity index (χ0) is 15.1. The second kappa shape index (κ2) is 7.93. The molecule has 1 aromatic carbocycles. The van der Waals surface area contributed by atoms with Crippen molar-refractivity contribution in [3.63, 3.8) is 0 Å². The molecule has 0 saturated carbocycles. The summed E-state index contributed by atoms with van der Waals surface area (Å²) < 4.78 is 9.63. The SMILES string of the molecule is COC(=O)NC(=S)Nc1cc(SC(C)OC)ccc1N. The van der Waals surface area contributed by atoms with E-state index in [2.05, 4.69) is 15.4 Å². The molecular weight excluding hydrogens is 298 g/mol. The van der Waals surface area contributed by atoms with E-state index in [9.17, 15) is 4.79 Å². The Kier molecular flexibility index (Phi) is 6.56. The van der Waals surface area contributed by atoms with Gasteiger partial charge in [-0.05, 0) is 37.3 Å². The lowest BCUT2D eigenvalue weighted by molar-refractivity contribution is 0.177. The lowest BCUT2D eigenvalue weighted by Crippen LogP contribution is -2.34. The average Bonchev–Trinajstić information content (AvgIpc) is 2.42. The van der Waals surface area contributed by atoms with Crippen LogP contribution in [0.1, 0.15) is 6.92 Å². The van der Waals surface area contributed by atoms with Crippen molar-refractivity contribution in [3.05, 3.63) is 18.2 Å². The number of benzene rings is 1. The first-order valence-corrected chi connectivity index (χ1v) is 7.00. The van der Waals surface area contributed by atoms with E-state index in [1.54, 1.807) is 13.2 Å². The van der Waals surface area contributed by atoms with Gasteiger partial charge in [-0.15, -0.1) is 0 Å². The number of ether oxygens (including phenoxy) is 2. The summed E-state index contributed by atoms with van der Waals surface area (Å²) in [5.41, 5.74) is 7.01. The number of hydrogen-bond acceptors (Lipinski definition) is 6. The minimum absolute atomic E-state index is 0.0200. The minimum Gasteiger partial charge on any atom is -0.453 e. The molecule has 0 heterocycles. The molecule has 1 rings (SSSR count). The van der Waals surface area contributed by atoms with Gasteiger partial charge in [0, 0.05) is 12.0 Å². The van der Waals surface area contributed by atoms with Gasteiger partial charge < -0.3 is 20.5 Å². The Hall–Kier alpha value is -1.51. The van der Waals surface area contributed by atoms with Crippen LogP contribution in [0.5, 0.6) is 0 Å². The van der Waals surface area contributed by atoms with Crippen molar-refractivity contribution >= 4 is 46.6 Å². The third kappa shape index (κ3) is 5.24. The normalized spacial score (nSPS) is 11.6. The number of nitrogen functional groups attached to an aromatic ring is 1. The molecule has 4 N–H and O–H groups in total. The van der Waals surface area contributed by atoms with Crippen molar-refractivity contribution in [2.45, 2.75) is 17.3 Å². The first-order valence-electron chi connectivity index (χ1n) is 5.71. The topological polar surface area (TPSA) is 85.6 Å². The monoisotopic (exact) mass is 315 g/mol. The predicted molar refractivity (Wildman–Crippen MR) is 84.9 cm³/mol. The number of nitrogens with one attached hydrogen (secondary N) is 2. The van der Waals surface area contributed by atoms with Gasteiger partial charge in [-0.1, -0.05) is 11.8 Å². The molecule has 0 spiro atoms. The molecule has 0 radical (unpaired) electrons. The van der Waals surface area contributed by atoms with E-state index < -0.39 is 6.09 Å². The Balaban J connectivity index is 2.76. The Morgan fingerprint density at radius 3 is 2.75 bits per heavy atom. The number of nitrogens with two attached hydrogens (primary N) is 1. The van der Waals surface area contributed by atoms with Crippen molar-refractivity contribution in [1.82, 2.24) is 5.32 Å². The van der Waals surface area contributed by atoms with Crippen molar-refractivity contribution in [2.75, 3.05) is 25.3 Å². The van der Waals surface area contributed by atoms with Crippen LogP contribution in [0.15, 0.2) is 23.1 Å². The van der Waals surface area contributed by atoms with E-state index in [0.717, 1.165) is 4.90 Å². The van der Waals surface area contributed by atoms with Crippen molar-refractivity contribution in [2.24, 2.45) is 0 Å². The number of thioether (sulfide) groups is 1. The number of anilines is 2. The summed E-state index contributed by atoms with van der Waals surface area (Å²) in [5, 5.41) is 5.31. The molecule has 110 valence electrons. The van der Waals surface area contributed by atoms with Gasteiger partial charge in [0.05, 0.1) is 18.5 Å². The summed E-state index contributed by atoms with van der Waals surface area (Å²) in [4.78, 5) is 12.0. The van der Waals surface area contributed by atoms with Gasteiger partial charge in [-0.3, -0.25) is 5.32 Å². The smallest absolute Gasteiger partial charge is 0.413 e. The lowest BCUT2D eigenvalue weighted by Gasteiger charge is -2.14. The molecule has 1 atom stereocenters. The van der Waals surface area contributed by atoms with Crippen LogP contribution >= 0.6 is 24.0 Å². The minimum atomic E-state index is -0.639.